The van der Waals surface area contributed by atoms with Crippen molar-refractivity contribution in [2.75, 3.05) is 28.6 Å². The van der Waals surface area contributed by atoms with Crippen molar-refractivity contribution in [3.05, 3.63) is 41.6 Å². The third-order valence-corrected chi connectivity index (χ3v) is 6.27. The maximum Gasteiger partial charge on any atom is 0.227 e. The van der Waals surface area contributed by atoms with Crippen molar-refractivity contribution in [2.24, 2.45) is 5.92 Å². The summed E-state index contributed by atoms with van der Waals surface area (Å²) in [6.45, 7) is 9.95. The van der Waals surface area contributed by atoms with Crippen LogP contribution in [0.5, 0.6) is 0 Å². The number of aromatic nitrogens is 4. The first-order valence-electron chi connectivity index (χ1n) is 11.0. The van der Waals surface area contributed by atoms with Crippen molar-refractivity contribution in [1.82, 2.24) is 20.2 Å². The zero-order chi connectivity index (χ0) is 22.7. The first kappa shape index (κ1) is 22.1. The van der Waals surface area contributed by atoms with Gasteiger partial charge in [-0.1, -0.05) is 0 Å². The van der Waals surface area contributed by atoms with Crippen LogP contribution in [0.1, 0.15) is 37.9 Å². The molecule has 0 atom stereocenters. The summed E-state index contributed by atoms with van der Waals surface area (Å²) in [6.07, 6.45) is 1.99. The first-order valence-corrected chi connectivity index (χ1v) is 11.8. The second-order valence-electron chi connectivity index (χ2n) is 7.93. The first-order chi connectivity index (χ1) is 15.5. The molecule has 1 amide bonds. The molecule has 2 aromatic heterocycles. The van der Waals surface area contributed by atoms with E-state index >= 15 is 0 Å². The Bertz CT molecular complexity index is 1090. The van der Waals surface area contributed by atoms with Gasteiger partial charge >= 0.3 is 0 Å². The highest BCUT2D eigenvalue weighted by Gasteiger charge is 2.29. The van der Waals surface area contributed by atoms with E-state index in [2.05, 4.69) is 39.6 Å². The van der Waals surface area contributed by atoms with Gasteiger partial charge in [-0.15, -0.1) is 0 Å². The van der Waals surface area contributed by atoms with E-state index in [0.717, 1.165) is 65.2 Å². The van der Waals surface area contributed by atoms with E-state index in [9.17, 15) is 4.79 Å². The molecule has 1 aliphatic carbocycles. The lowest BCUT2D eigenvalue weighted by Crippen LogP contribution is -2.24. The maximum absolute atomic E-state index is 12.0. The molecule has 8 nitrogen and oxygen atoms in total. The van der Waals surface area contributed by atoms with Crippen molar-refractivity contribution in [3.63, 3.8) is 0 Å². The Morgan fingerprint density at radius 2 is 1.88 bits per heavy atom. The second-order valence-corrected chi connectivity index (χ2v) is 8.97. The average molecular weight is 452 g/mol. The molecule has 0 radical (unpaired) electrons. The number of aromatic amines is 1. The van der Waals surface area contributed by atoms with Crippen LogP contribution >= 0.6 is 11.8 Å². The molecular weight excluding hydrogens is 422 g/mol. The van der Waals surface area contributed by atoms with Gasteiger partial charge in [0.2, 0.25) is 5.91 Å². The number of nitrogens with zero attached hydrogens (tertiary/aromatic N) is 4. The number of anilines is 4. The van der Waals surface area contributed by atoms with Gasteiger partial charge in [-0.05, 0) is 76.6 Å². The van der Waals surface area contributed by atoms with Crippen LogP contribution in [0.3, 0.4) is 0 Å². The van der Waals surface area contributed by atoms with Gasteiger partial charge in [-0.3, -0.25) is 9.89 Å². The third kappa shape index (κ3) is 5.21. The lowest BCUT2D eigenvalue weighted by atomic mass is 10.2. The number of hydrogen-bond donors (Lipinski definition) is 3. The predicted molar refractivity (Wildman–Crippen MR) is 129 cm³/mol. The molecule has 1 aromatic carbocycles. The van der Waals surface area contributed by atoms with Crippen LogP contribution in [0.4, 0.5) is 23.1 Å². The van der Waals surface area contributed by atoms with E-state index in [-0.39, 0.29) is 11.8 Å². The van der Waals surface area contributed by atoms with Gasteiger partial charge in [0.05, 0.1) is 0 Å². The van der Waals surface area contributed by atoms with Crippen LogP contribution in [-0.4, -0.2) is 39.2 Å². The molecule has 0 unspecified atom stereocenters. The van der Waals surface area contributed by atoms with E-state index < -0.39 is 0 Å². The number of rotatable bonds is 9. The van der Waals surface area contributed by atoms with Crippen molar-refractivity contribution in [1.29, 1.82) is 0 Å². The fourth-order valence-corrected chi connectivity index (χ4v) is 4.14. The predicted octanol–water partition coefficient (Wildman–Crippen LogP) is 4.91. The summed E-state index contributed by atoms with van der Waals surface area (Å²) in [4.78, 5) is 24.8. The van der Waals surface area contributed by atoms with Gasteiger partial charge in [0.25, 0.3) is 0 Å². The minimum atomic E-state index is 0.112. The van der Waals surface area contributed by atoms with E-state index in [4.69, 9.17) is 9.97 Å². The van der Waals surface area contributed by atoms with E-state index in [1.807, 2.05) is 44.2 Å². The summed E-state index contributed by atoms with van der Waals surface area (Å²) in [7, 11) is 0. The summed E-state index contributed by atoms with van der Waals surface area (Å²) in [5.41, 5.74) is 2.78. The van der Waals surface area contributed by atoms with Gasteiger partial charge < -0.3 is 15.5 Å². The Kier molecular flexibility index (Phi) is 6.64. The fraction of sp³-hybridized carbons (Fsp3) is 0.391. The molecular formula is C23H29N7OS. The van der Waals surface area contributed by atoms with Gasteiger partial charge in [-0.2, -0.15) is 5.10 Å². The van der Waals surface area contributed by atoms with Gasteiger partial charge in [0.1, 0.15) is 11.6 Å². The SMILES string of the molecule is CCN(CC)c1nc(Sc2ccc(NC(=O)C3CC3)cc2)nc(Nc2cc(C)[nH]n2)c1C. The number of benzene rings is 1. The minimum absolute atomic E-state index is 0.112. The summed E-state index contributed by atoms with van der Waals surface area (Å²) in [6, 6.07) is 9.76. The molecule has 1 saturated carbocycles. The Morgan fingerprint density at radius 1 is 1.16 bits per heavy atom. The van der Waals surface area contributed by atoms with E-state index in [1.165, 1.54) is 11.8 Å². The normalized spacial score (nSPS) is 13.1. The van der Waals surface area contributed by atoms with Crippen molar-refractivity contribution < 1.29 is 4.79 Å². The van der Waals surface area contributed by atoms with Crippen LogP contribution in [0.2, 0.25) is 0 Å². The maximum atomic E-state index is 12.0. The quantitative estimate of drug-likeness (QED) is 0.398. The molecule has 9 heteroatoms. The van der Waals surface area contributed by atoms with Gasteiger partial charge in [0, 0.05) is 46.9 Å². The number of hydrogen-bond acceptors (Lipinski definition) is 7. The lowest BCUT2D eigenvalue weighted by molar-refractivity contribution is -0.117. The standard InChI is InChI=1S/C23H29N7OS/c1-5-30(6-2)21-15(4)20(25-19-13-14(3)28-29-19)26-23(27-21)32-18-11-9-17(10-12-18)24-22(31)16-7-8-16/h9-13,16H,5-8H2,1-4H3,(H,24,31)(H2,25,26,27,28,29). The third-order valence-electron chi connectivity index (χ3n) is 5.39. The molecule has 0 spiro atoms. The average Bonchev–Trinajstić information content (AvgIpc) is 3.56. The molecule has 0 bridgehead atoms. The number of H-pyrrole nitrogens is 1. The highest BCUT2D eigenvalue weighted by Crippen LogP contribution is 2.33. The van der Waals surface area contributed by atoms with Crippen molar-refractivity contribution in [3.8, 4) is 0 Å². The van der Waals surface area contributed by atoms with Crippen molar-refractivity contribution in [2.45, 2.75) is 50.6 Å². The smallest absolute Gasteiger partial charge is 0.227 e. The lowest BCUT2D eigenvalue weighted by Gasteiger charge is -2.23. The number of carbonyl (C=O) groups is 1. The van der Waals surface area contributed by atoms with Crippen LogP contribution in [0, 0.1) is 19.8 Å². The monoisotopic (exact) mass is 451 g/mol. The summed E-state index contributed by atoms with van der Waals surface area (Å²) in [5, 5.41) is 14.2. The van der Waals surface area contributed by atoms with Gasteiger partial charge in [-0.25, -0.2) is 9.97 Å². The summed E-state index contributed by atoms with van der Waals surface area (Å²) in [5.74, 6) is 2.68. The zero-order valence-corrected chi connectivity index (χ0v) is 19.7. The Balaban J connectivity index is 1.58. The van der Waals surface area contributed by atoms with Crippen LogP contribution in [0.15, 0.2) is 40.4 Å². The number of carbonyl (C=O) groups excluding carboxylic acids is 1. The van der Waals surface area contributed by atoms with Crippen LogP contribution < -0.4 is 15.5 Å². The molecule has 32 heavy (non-hydrogen) atoms. The molecule has 1 fully saturated rings. The largest absolute Gasteiger partial charge is 0.357 e. The number of nitrogens with one attached hydrogen (secondary N) is 3. The van der Waals surface area contributed by atoms with E-state index in [1.54, 1.807) is 0 Å². The molecule has 3 aromatic rings. The summed E-state index contributed by atoms with van der Waals surface area (Å²) >= 11 is 1.50. The van der Waals surface area contributed by atoms with E-state index in [0.29, 0.717) is 5.16 Å². The molecule has 0 saturated heterocycles. The van der Waals surface area contributed by atoms with Crippen LogP contribution in [0.25, 0.3) is 0 Å². The number of aryl methyl sites for hydroxylation is 1. The molecule has 2 heterocycles. The highest BCUT2D eigenvalue weighted by atomic mass is 32.2. The van der Waals surface area contributed by atoms with Gasteiger partial charge in [0.15, 0.2) is 11.0 Å². The summed E-state index contributed by atoms with van der Waals surface area (Å²) < 4.78 is 0. The molecule has 0 aliphatic heterocycles. The topological polar surface area (TPSA) is 98.8 Å². The zero-order valence-electron chi connectivity index (χ0n) is 18.9. The number of amides is 1. The molecule has 168 valence electrons. The molecule has 3 N–H and O–H groups in total. The molecule has 1 aliphatic rings. The van der Waals surface area contributed by atoms with Crippen LogP contribution in [-0.2, 0) is 4.79 Å². The Labute approximate surface area is 192 Å². The highest BCUT2D eigenvalue weighted by molar-refractivity contribution is 7.99. The molecule has 4 rings (SSSR count). The fourth-order valence-electron chi connectivity index (χ4n) is 3.39. The Morgan fingerprint density at radius 3 is 2.47 bits per heavy atom. The minimum Gasteiger partial charge on any atom is -0.357 e. The Hall–Kier alpha value is -3.07. The second kappa shape index (κ2) is 9.60. The van der Waals surface area contributed by atoms with Crippen molar-refractivity contribution >= 4 is 40.8 Å².